The molecule has 0 radical (unpaired) electrons. The molecule has 3 rings (SSSR count). The predicted octanol–water partition coefficient (Wildman–Crippen LogP) is 2.50. The van der Waals surface area contributed by atoms with Gasteiger partial charge in [-0.25, -0.2) is 0 Å². The van der Waals surface area contributed by atoms with Gasteiger partial charge in [0.25, 0.3) is 0 Å². The smallest absolute Gasteiger partial charge is 0.0192 e. The van der Waals surface area contributed by atoms with Gasteiger partial charge in [-0.3, -0.25) is 0 Å². The van der Waals surface area contributed by atoms with Gasteiger partial charge in [-0.1, -0.05) is 6.92 Å². The summed E-state index contributed by atoms with van der Waals surface area (Å²) in [6, 6.07) is 0.747. The van der Waals surface area contributed by atoms with E-state index in [0.717, 1.165) is 23.8 Å². The average molecular weight is 236 g/mol. The molecule has 17 heavy (non-hydrogen) atoms. The van der Waals surface area contributed by atoms with Gasteiger partial charge in [0.1, 0.15) is 0 Å². The monoisotopic (exact) mass is 236 g/mol. The van der Waals surface area contributed by atoms with Crippen molar-refractivity contribution in [2.24, 2.45) is 17.8 Å². The lowest BCUT2D eigenvalue weighted by Crippen LogP contribution is -2.39. The van der Waals surface area contributed by atoms with Crippen LogP contribution in [0.3, 0.4) is 0 Å². The van der Waals surface area contributed by atoms with Gasteiger partial charge in [0, 0.05) is 19.1 Å². The lowest BCUT2D eigenvalue weighted by atomic mass is 9.97. The standard InChI is InChI=1S/C15H28N2/c1-2-14-10-17(9-3-8-16-14)11-15(12-4-5-12)13-6-7-13/h12-16H,2-11H2,1H3. The molecule has 2 heteroatoms. The third-order valence-corrected chi connectivity index (χ3v) is 4.98. The van der Waals surface area contributed by atoms with Gasteiger partial charge in [0.05, 0.1) is 0 Å². The van der Waals surface area contributed by atoms with E-state index in [1.807, 2.05) is 0 Å². The van der Waals surface area contributed by atoms with Gasteiger partial charge < -0.3 is 10.2 Å². The van der Waals surface area contributed by atoms with Gasteiger partial charge in [-0.15, -0.1) is 0 Å². The Kier molecular flexibility index (Phi) is 3.72. The molecule has 3 fully saturated rings. The van der Waals surface area contributed by atoms with Crippen LogP contribution < -0.4 is 5.32 Å². The van der Waals surface area contributed by atoms with Crippen LogP contribution in [0.15, 0.2) is 0 Å². The van der Waals surface area contributed by atoms with Gasteiger partial charge >= 0.3 is 0 Å². The Morgan fingerprint density at radius 3 is 2.47 bits per heavy atom. The zero-order valence-electron chi connectivity index (χ0n) is 11.3. The van der Waals surface area contributed by atoms with Crippen molar-refractivity contribution in [2.75, 3.05) is 26.2 Å². The summed E-state index contributed by atoms with van der Waals surface area (Å²) in [5.74, 6) is 3.28. The molecule has 2 nitrogen and oxygen atoms in total. The highest BCUT2D eigenvalue weighted by Crippen LogP contribution is 2.49. The second kappa shape index (κ2) is 5.27. The molecule has 1 unspecified atom stereocenters. The van der Waals surface area contributed by atoms with Crippen LogP contribution in [0.4, 0.5) is 0 Å². The molecule has 0 aromatic carbocycles. The highest BCUT2D eigenvalue weighted by molar-refractivity contribution is 4.93. The molecule has 0 aromatic rings. The van der Waals surface area contributed by atoms with Gasteiger partial charge in [-0.05, 0) is 69.4 Å². The van der Waals surface area contributed by atoms with Crippen molar-refractivity contribution in [3.63, 3.8) is 0 Å². The van der Waals surface area contributed by atoms with Crippen LogP contribution in [0.25, 0.3) is 0 Å². The molecule has 0 aromatic heterocycles. The van der Waals surface area contributed by atoms with Crippen molar-refractivity contribution >= 4 is 0 Å². The molecule has 1 saturated heterocycles. The van der Waals surface area contributed by atoms with Crippen LogP contribution in [-0.4, -0.2) is 37.1 Å². The maximum atomic E-state index is 3.68. The van der Waals surface area contributed by atoms with Crippen LogP contribution in [0.1, 0.15) is 45.4 Å². The normalized spacial score (nSPS) is 31.8. The molecule has 1 atom stereocenters. The first kappa shape index (κ1) is 12.0. The van der Waals surface area contributed by atoms with E-state index in [2.05, 4.69) is 17.1 Å². The van der Waals surface area contributed by atoms with Crippen molar-refractivity contribution in [1.29, 1.82) is 0 Å². The minimum atomic E-state index is 0.747. The number of nitrogens with zero attached hydrogens (tertiary/aromatic N) is 1. The van der Waals surface area contributed by atoms with Crippen molar-refractivity contribution in [3.05, 3.63) is 0 Å². The summed E-state index contributed by atoms with van der Waals surface area (Å²) in [7, 11) is 0. The molecule has 98 valence electrons. The fourth-order valence-electron chi connectivity index (χ4n) is 3.55. The summed E-state index contributed by atoms with van der Waals surface area (Å²) >= 11 is 0. The molecule has 0 amide bonds. The van der Waals surface area contributed by atoms with E-state index in [-0.39, 0.29) is 0 Å². The first-order valence-corrected chi connectivity index (χ1v) is 7.82. The van der Waals surface area contributed by atoms with Crippen LogP contribution in [0, 0.1) is 17.8 Å². The lowest BCUT2D eigenvalue weighted by molar-refractivity contribution is 0.199. The van der Waals surface area contributed by atoms with Crippen molar-refractivity contribution in [2.45, 2.75) is 51.5 Å². The lowest BCUT2D eigenvalue weighted by Gasteiger charge is -2.28. The Labute approximate surface area is 106 Å². The van der Waals surface area contributed by atoms with Crippen molar-refractivity contribution in [1.82, 2.24) is 10.2 Å². The van der Waals surface area contributed by atoms with Gasteiger partial charge in [-0.2, -0.15) is 0 Å². The summed E-state index contributed by atoms with van der Waals surface area (Å²) in [5, 5.41) is 3.68. The van der Waals surface area contributed by atoms with E-state index in [0.29, 0.717) is 0 Å². The Morgan fingerprint density at radius 2 is 1.88 bits per heavy atom. The van der Waals surface area contributed by atoms with Crippen LogP contribution >= 0.6 is 0 Å². The summed E-state index contributed by atoms with van der Waals surface area (Å²) in [5.41, 5.74) is 0. The molecular formula is C15H28N2. The molecule has 1 aliphatic heterocycles. The van der Waals surface area contributed by atoms with Crippen molar-refractivity contribution in [3.8, 4) is 0 Å². The van der Waals surface area contributed by atoms with Crippen LogP contribution in [0.5, 0.6) is 0 Å². The number of hydrogen-bond donors (Lipinski definition) is 1. The summed E-state index contributed by atoms with van der Waals surface area (Å²) in [6.07, 6.45) is 8.76. The zero-order valence-corrected chi connectivity index (χ0v) is 11.3. The fourth-order valence-corrected chi connectivity index (χ4v) is 3.55. The maximum Gasteiger partial charge on any atom is 0.0192 e. The fraction of sp³-hybridized carbons (Fsp3) is 1.00. The zero-order chi connectivity index (χ0) is 11.7. The Hall–Kier alpha value is -0.0800. The summed E-state index contributed by atoms with van der Waals surface area (Å²) in [6.45, 7) is 7.59. The minimum absolute atomic E-state index is 0.747. The highest BCUT2D eigenvalue weighted by atomic mass is 15.2. The average Bonchev–Trinajstić information content (AvgIpc) is 3.22. The molecular weight excluding hydrogens is 208 g/mol. The van der Waals surface area contributed by atoms with E-state index in [1.165, 1.54) is 64.7 Å². The van der Waals surface area contributed by atoms with Gasteiger partial charge in [0.2, 0.25) is 0 Å². The first-order chi connectivity index (χ1) is 8.36. The molecule has 1 N–H and O–H groups in total. The quantitative estimate of drug-likeness (QED) is 0.789. The largest absolute Gasteiger partial charge is 0.313 e. The van der Waals surface area contributed by atoms with E-state index >= 15 is 0 Å². The summed E-state index contributed by atoms with van der Waals surface area (Å²) < 4.78 is 0. The molecule has 3 aliphatic rings. The van der Waals surface area contributed by atoms with E-state index < -0.39 is 0 Å². The second-order valence-corrected chi connectivity index (χ2v) is 6.51. The van der Waals surface area contributed by atoms with E-state index in [9.17, 15) is 0 Å². The van der Waals surface area contributed by atoms with E-state index in [1.54, 1.807) is 0 Å². The first-order valence-electron chi connectivity index (χ1n) is 7.82. The number of hydrogen-bond acceptors (Lipinski definition) is 2. The van der Waals surface area contributed by atoms with Crippen LogP contribution in [-0.2, 0) is 0 Å². The maximum absolute atomic E-state index is 3.68. The third kappa shape index (κ3) is 3.23. The topological polar surface area (TPSA) is 15.3 Å². The third-order valence-electron chi connectivity index (χ3n) is 4.98. The van der Waals surface area contributed by atoms with Crippen molar-refractivity contribution < 1.29 is 0 Å². The number of rotatable bonds is 5. The second-order valence-electron chi connectivity index (χ2n) is 6.51. The highest BCUT2D eigenvalue weighted by Gasteiger charge is 2.42. The Morgan fingerprint density at radius 1 is 1.18 bits per heavy atom. The minimum Gasteiger partial charge on any atom is -0.313 e. The molecule has 0 bridgehead atoms. The van der Waals surface area contributed by atoms with E-state index in [4.69, 9.17) is 0 Å². The SMILES string of the molecule is CCC1CN(CC(C2CC2)C2CC2)CCCN1. The molecule has 1 heterocycles. The van der Waals surface area contributed by atoms with Crippen LogP contribution in [0.2, 0.25) is 0 Å². The molecule has 0 spiro atoms. The predicted molar refractivity (Wildman–Crippen MR) is 72.1 cm³/mol. The number of nitrogens with one attached hydrogen (secondary N) is 1. The Bertz CT molecular complexity index is 233. The molecule has 2 aliphatic carbocycles. The molecule has 2 saturated carbocycles. The summed E-state index contributed by atoms with van der Waals surface area (Å²) in [4.78, 5) is 2.77. The van der Waals surface area contributed by atoms with Gasteiger partial charge in [0.15, 0.2) is 0 Å². The Balaban J connectivity index is 1.54.